The van der Waals surface area contributed by atoms with Gasteiger partial charge in [0.25, 0.3) is 15.9 Å². The van der Waals surface area contributed by atoms with Crippen LogP contribution in [0.2, 0.25) is 0 Å². The Balaban J connectivity index is 1.38. The highest BCUT2D eigenvalue weighted by Crippen LogP contribution is 2.32. The van der Waals surface area contributed by atoms with Crippen molar-refractivity contribution >= 4 is 38.3 Å². The van der Waals surface area contributed by atoms with Crippen LogP contribution in [0.25, 0.3) is 11.0 Å². The smallest absolute Gasteiger partial charge is 0.349 e. The van der Waals surface area contributed by atoms with Crippen molar-refractivity contribution in [3.8, 4) is 0 Å². The Morgan fingerprint density at radius 2 is 1.66 bits per heavy atom. The van der Waals surface area contributed by atoms with E-state index in [0.29, 0.717) is 35.3 Å². The number of rotatable bonds is 4. The van der Waals surface area contributed by atoms with E-state index < -0.39 is 21.6 Å². The van der Waals surface area contributed by atoms with Gasteiger partial charge in [0.15, 0.2) is 0 Å². The Bertz CT molecular complexity index is 1510. The average Bonchev–Trinajstić information content (AvgIpc) is 3.24. The van der Waals surface area contributed by atoms with Gasteiger partial charge in [-0.15, -0.1) is 0 Å². The van der Waals surface area contributed by atoms with Crippen molar-refractivity contribution in [3.63, 3.8) is 0 Å². The Morgan fingerprint density at radius 1 is 0.938 bits per heavy atom. The number of fused-ring (bicyclic) bond motifs is 2. The predicted octanol–water partition coefficient (Wildman–Crippen LogP) is 3.80. The highest BCUT2D eigenvalue weighted by molar-refractivity contribution is 7.92. The first-order valence-electron chi connectivity index (χ1n) is 9.98. The number of anilines is 2. The van der Waals surface area contributed by atoms with Crippen LogP contribution >= 0.6 is 0 Å². The van der Waals surface area contributed by atoms with Crippen LogP contribution in [0.3, 0.4) is 0 Å². The SMILES string of the molecule is O=C(Nc1ccc(S(=O)(=O)N2CCc3ccccc32)cc1)c1cc2ccccc2oc1=O. The highest BCUT2D eigenvalue weighted by Gasteiger charge is 2.30. The molecule has 0 spiro atoms. The van der Waals surface area contributed by atoms with Crippen LogP contribution in [0.1, 0.15) is 15.9 Å². The van der Waals surface area contributed by atoms with E-state index in [1.54, 1.807) is 30.3 Å². The number of carbonyl (C=O) groups is 1. The summed E-state index contributed by atoms with van der Waals surface area (Å²) in [6, 6.07) is 21.7. The second-order valence-electron chi connectivity index (χ2n) is 7.42. The van der Waals surface area contributed by atoms with E-state index in [4.69, 9.17) is 4.42 Å². The molecular formula is C24H18N2O5S. The maximum absolute atomic E-state index is 13.1. The Morgan fingerprint density at radius 3 is 2.47 bits per heavy atom. The van der Waals surface area contributed by atoms with Crippen LogP contribution in [0, 0.1) is 0 Å². The number of para-hydroxylation sites is 2. The number of nitrogens with one attached hydrogen (secondary N) is 1. The number of hydrogen-bond donors (Lipinski definition) is 1. The fraction of sp³-hybridized carbons (Fsp3) is 0.0833. The minimum Gasteiger partial charge on any atom is -0.422 e. The molecule has 4 aromatic rings. The van der Waals surface area contributed by atoms with Crippen LogP contribution < -0.4 is 15.2 Å². The van der Waals surface area contributed by atoms with Crippen molar-refractivity contribution in [2.24, 2.45) is 0 Å². The maximum atomic E-state index is 13.1. The van der Waals surface area contributed by atoms with E-state index in [1.165, 1.54) is 34.6 Å². The molecule has 32 heavy (non-hydrogen) atoms. The van der Waals surface area contributed by atoms with Gasteiger partial charge in [0, 0.05) is 17.6 Å². The summed E-state index contributed by atoms with van der Waals surface area (Å²) in [7, 11) is -3.72. The summed E-state index contributed by atoms with van der Waals surface area (Å²) < 4.78 is 32.8. The molecule has 0 fully saturated rings. The predicted molar refractivity (Wildman–Crippen MR) is 122 cm³/mol. The standard InChI is InChI=1S/C24H18N2O5S/c27-23(20-15-17-6-2-4-8-22(17)31-24(20)28)25-18-9-11-19(12-10-18)32(29,30)26-14-13-16-5-1-3-7-21(16)26/h1-12,15H,13-14H2,(H,25,27). The molecule has 2 heterocycles. The zero-order valence-electron chi connectivity index (χ0n) is 16.8. The highest BCUT2D eigenvalue weighted by atomic mass is 32.2. The molecule has 0 unspecified atom stereocenters. The fourth-order valence-electron chi connectivity index (χ4n) is 3.81. The van der Waals surface area contributed by atoms with E-state index in [1.807, 2.05) is 18.2 Å². The van der Waals surface area contributed by atoms with Crippen LogP contribution in [-0.2, 0) is 16.4 Å². The summed E-state index contributed by atoms with van der Waals surface area (Å²) in [4.78, 5) is 24.9. The summed E-state index contributed by atoms with van der Waals surface area (Å²) in [5, 5.41) is 3.25. The third-order valence-electron chi connectivity index (χ3n) is 5.43. The third kappa shape index (κ3) is 3.44. The lowest BCUT2D eigenvalue weighted by Crippen LogP contribution is -2.29. The molecule has 160 valence electrons. The molecule has 0 atom stereocenters. The van der Waals surface area contributed by atoms with Crippen molar-refractivity contribution in [2.75, 3.05) is 16.2 Å². The molecule has 3 aromatic carbocycles. The molecule has 0 aliphatic carbocycles. The molecule has 0 radical (unpaired) electrons. The molecule has 0 saturated heterocycles. The Kier molecular flexibility index (Phi) is 4.79. The van der Waals surface area contributed by atoms with E-state index in [0.717, 1.165) is 5.56 Å². The number of carbonyl (C=O) groups excluding carboxylic acids is 1. The minimum absolute atomic E-state index is 0.123. The normalized spacial score (nSPS) is 13.2. The molecule has 1 aromatic heterocycles. The number of amides is 1. The summed E-state index contributed by atoms with van der Waals surface area (Å²) in [5.74, 6) is -0.631. The van der Waals surface area contributed by atoms with Crippen LogP contribution in [0.4, 0.5) is 11.4 Å². The molecule has 7 nitrogen and oxygen atoms in total. The van der Waals surface area contributed by atoms with Crippen LogP contribution in [-0.4, -0.2) is 20.9 Å². The molecule has 8 heteroatoms. The van der Waals surface area contributed by atoms with Crippen molar-refractivity contribution in [3.05, 3.63) is 100 Å². The van der Waals surface area contributed by atoms with Crippen molar-refractivity contribution < 1.29 is 17.6 Å². The van der Waals surface area contributed by atoms with E-state index in [9.17, 15) is 18.0 Å². The lowest BCUT2D eigenvalue weighted by atomic mass is 10.1. The maximum Gasteiger partial charge on any atom is 0.349 e. The van der Waals surface area contributed by atoms with Gasteiger partial charge in [-0.05, 0) is 54.4 Å². The molecule has 0 saturated carbocycles. The van der Waals surface area contributed by atoms with Gasteiger partial charge in [0.1, 0.15) is 11.1 Å². The largest absolute Gasteiger partial charge is 0.422 e. The monoisotopic (exact) mass is 446 g/mol. The zero-order valence-corrected chi connectivity index (χ0v) is 17.6. The van der Waals surface area contributed by atoms with Gasteiger partial charge in [-0.2, -0.15) is 0 Å². The molecule has 5 rings (SSSR count). The molecular weight excluding hydrogens is 428 g/mol. The van der Waals surface area contributed by atoms with E-state index >= 15 is 0 Å². The number of hydrogen-bond acceptors (Lipinski definition) is 5. The number of benzene rings is 3. The average molecular weight is 446 g/mol. The Hall–Kier alpha value is -3.91. The minimum atomic E-state index is -3.72. The first kappa shape index (κ1) is 20.0. The molecule has 1 aliphatic rings. The van der Waals surface area contributed by atoms with Gasteiger partial charge in [0.2, 0.25) is 0 Å². The lowest BCUT2D eigenvalue weighted by Gasteiger charge is -2.19. The Labute approximate surface area is 184 Å². The summed E-state index contributed by atoms with van der Waals surface area (Å²) in [6.07, 6.45) is 0.665. The topological polar surface area (TPSA) is 96.7 Å². The summed E-state index contributed by atoms with van der Waals surface area (Å²) in [6.45, 7) is 0.387. The van der Waals surface area contributed by atoms with Crippen molar-refractivity contribution in [2.45, 2.75) is 11.3 Å². The number of sulfonamides is 1. The van der Waals surface area contributed by atoms with Gasteiger partial charge in [0.05, 0.1) is 10.6 Å². The zero-order chi connectivity index (χ0) is 22.3. The molecule has 1 N–H and O–H groups in total. The van der Waals surface area contributed by atoms with Gasteiger partial charge in [-0.25, -0.2) is 13.2 Å². The quantitative estimate of drug-likeness (QED) is 0.481. The molecule has 0 bridgehead atoms. The third-order valence-corrected chi connectivity index (χ3v) is 7.26. The van der Waals surface area contributed by atoms with Gasteiger partial charge in [-0.3, -0.25) is 9.10 Å². The summed E-state index contributed by atoms with van der Waals surface area (Å²) in [5.41, 5.74) is 1.57. The second-order valence-corrected chi connectivity index (χ2v) is 9.28. The second kappa shape index (κ2) is 7.65. The van der Waals surface area contributed by atoms with Gasteiger partial charge in [-0.1, -0.05) is 36.4 Å². The van der Waals surface area contributed by atoms with Crippen LogP contribution in [0.5, 0.6) is 0 Å². The summed E-state index contributed by atoms with van der Waals surface area (Å²) >= 11 is 0. The molecule has 1 aliphatic heterocycles. The van der Waals surface area contributed by atoms with Crippen molar-refractivity contribution in [1.82, 2.24) is 0 Å². The van der Waals surface area contributed by atoms with E-state index in [-0.39, 0.29) is 10.5 Å². The van der Waals surface area contributed by atoms with Gasteiger partial charge >= 0.3 is 5.63 Å². The number of nitrogens with zero attached hydrogens (tertiary/aromatic N) is 1. The first-order chi connectivity index (χ1) is 15.4. The van der Waals surface area contributed by atoms with Crippen LogP contribution in [0.15, 0.2) is 93.0 Å². The van der Waals surface area contributed by atoms with Crippen molar-refractivity contribution in [1.29, 1.82) is 0 Å². The lowest BCUT2D eigenvalue weighted by molar-refractivity contribution is 0.102. The molecule has 1 amide bonds. The fourth-order valence-corrected chi connectivity index (χ4v) is 5.32. The van der Waals surface area contributed by atoms with Gasteiger partial charge < -0.3 is 9.73 Å². The first-order valence-corrected chi connectivity index (χ1v) is 11.4. The van der Waals surface area contributed by atoms with E-state index in [2.05, 4.69) is 5.32 Å².